The van der Waals surface area contributed by atoms with Crippen LogP contribution in [0.25, 0.3) is 16.8 Å². The van der Waals surface area contributed by atoms with Gasteiger partial charge in [0.15, 0.2) is 12.3 Å². The topological polar surface area (TPSA) is 52.8 Å². The first-order valence-corrected chi connectivity index (χ1v) is 8.39. The lowest BCUT2D eigenvalue weighted by molar-refractivity contribution is -0.153. The number of rotatable bonds is 4. The molecule has 0 atom stereocenters. The number of pyridine rings is 1. The van der Waals surface area contributed by atoms with Crippen LogP contribution in [0, 0.1) is 6.92 Å². The van der Waals surface area contributed by atoms with Crippen LogP contribution in [-0.2, 0) is 6.18 Å². The van der Waals surface area contributed by atoms with Gasteiger partial charge < -0.3 is 9.47 Å². The summed E-state index contributed by atoms with van der Waals surface area (Å²) in [5.74, 6) is 0.0193. The second-order valence-electron chi connectivity index (χ2n) is 6.31. The Bertz CT molecular complexity index is 1150. The lowest BCUT2D eigenvalue weighted by atomic mass is 9.99. The van der Waals surface area contributed by atoms with Crippen LogP contribution in [0.4, 0.5) is 26.3 Å². The zero-order valence-electron chi connectivity index (χ0n) is 15.6. The SMILES string of the molecule is COc1ccn2c(=O)c(-c3ccc(OCC(F)(F)F)cc3C)c(C(F)(F)F)nc2c1. The molecule has 0 unspecified atom stereocenters. The number of aromatic nitrogens is 2. The minimum atomic E-state index is -4.95. The molecule has 0 aliphatic heterocycles. The van der Waals surface area contributed by atoms with Gasteiger partial charge in [-0.3, -0.25) is 9.20 Å². The summed E-state index contributed by atoms with van der Waals surface area (Å²) in [6, 6.07) is 5.86. The van der Waals surface area contributed by atoms with Crippen molar-refractivity contribution in [2.24, 2.45) is 0 Å². The van der Waals surface area contributed by atoms with Crippen LogP contribution >= 0.6 is 0 Å². The minimum Gasteiger partial charge on any atom is -0.497 e. The van der Waals surface area contributed by atoms with Crippen LogP contribution < -0.4 is 15.0 Å². The van der Waals surface area contributed by atoms with Gasteiger partial charge in [-0.25, -0.2) is 4.98 Å². The highest BCUT2D eigenvalue weighted by molar-refractivity contribution is 5.71. The van der Waals surface area contributed by atoms with E-state index in [1.54, 1.807) is 0 Å². The average Bonchev–Trinajstić information content (AvgIpc) is 2.65. The molecule has 0 saturated carbocycles. The van der Waals surface area contributed by atoms with Crippen LogP contribution in [0.15, 0.2) is 41.3 Å². The Balaban J connectivity index is 2.19. The van der Waals surface area contributed by atoms with Gasteiger partial charge in [0.25, 0.3) is 5.56 Å². The molecule has 0 aliphatic carbocycles. The van der Waals surface area contributed by atoms with Gasteiger partial charge in [-0.1, -0.05) is 6.07 Å². The van der Waals surface area contributed by atoms with E-state index in [4.69, 9.17) is 4.74 Å². The van der Waals surface area contributed by atoms with Crippen LogP contribution in [0.3, 0.4) is 0 Å². The molecule has 2 aromatic heterocycles. The van der Waals surface area contributed by atoms with E-state index in [2.05, 4.69) is 9.72 Å². The number of hydrogen-bond donors (Lipinski definition) is 0. The van der Waals surface area contributed by atoms with Gasteiger partial charge in [0.1, 0.15) is 17.1 Å². The number of nitrogens with zero attached hydrogens (tertiary/aromatic N) is 2. The van der Waals surface area contributed by atoms with Crippen LogP contribution in [0.1, 0.15) is 11.3 Å². The fraction of sp³-hybridized carbons (Fsp3) is 0.263. The average molecular weight is 432 g/mol. The summed E-state index contributed by atoms with van der Waals surface area (Å²) in [6.45, 7) is -0.195. The summed E-state index contributed by atoms with van der Waals surface area (Å²) in [4.78, 5) is 16.5. The second kappa shape index (κ2) is 7.54. The van der Waals surface area contributed by atoms with E-state index in [9.17, 15) is 31.1 Å². The van der Waals surface area contributed by atoms with Crippen molar-refractivity contribution in [2.45, 2.75) is 19.3 Å². The predicted octanol–water partition coefficient (Wildman–Crippen LogP) is 4.64. The largest absolute Gasteiger partial charge is 0.497 e. The fourth-order valence-corrected chi connectivity index (χ4v) is 2.87. The van der Waals surface area contributed by atoms with Crippen molar-refractivity contribution in [1.29, 1.82) is 0 Å². The first-order chi connectivity index (χ1) is 13.9. The summed E-state index contributed by atoms with van der Waals surface area (Å²) < 4.78 is 88.5. The first kappa shape index (κ1) is 21.5. The first-order valence-electron chi connectivity index (χ1n) is 8.39. The van der Waals surface area contributed by atoms with Gasteiger partial charge in [0, 0.05) is 12.3 Å². The molecular weight excluding hydrogens is 418 g/mol. The molecule has 160 valence electrons. The maximum atomic E-state index is 13.7. The third-order valence-corrected chi connectivity index (χ3v) is 4.18. The molecular formula is C19H14F6N2O3. The molecule has 0 amide bonds. The number of halogens is 6. The highest BCUT2D eigenvalue weighted by atomic mass is 19.4. The Morgan fingerprint density at radius 2 is 1.73 bits per heavy atom. The third-order valence-electron chi connectivity index (χ3n) is 4.18. The summed E-state index contributed by atoms with van der Waals surface area (Å²) in [5.41, 5.74) is -3.38. The Kier molecular flexibility index (Phi) is 5.40. The van der Waals surface area contributed by atoms with Gasteiger partial charge in [-0.2, -0.15) is 26.3 Å². The van der Waals surface area contributed by atoms with Gasteiger partial charge in [-0.05, 0) is 36.2 Å². The summed E-state index contributed by atoms with van der Waals surface area (Å²) in [7, 11) is 1.31. The van der Waals surface area contributed by atoms with Crippen molar-refractivity contribution >= 4 is 5.65 Å². The molecule has 0 radical (unpaired) electrons. The van der Waals surface area contributed by atoms with Crippen LogP contribution in [0.5, 0.6) is 11.5 Å². The summed E-state index contributed by atoms with van der Waals surface area (Å²) >= 11 is 0. The van der Waals surface area contributed by atoms with Crippen molar-refractivity contribution in [3.05, 3.63) is 58.1 Å². The summed E-state index contributed by atoms with van der Waals surface area (Å²) in [6.07, 6.45) is -8.30. The van der Waals surface area contributed by atoms with Gasteiger partial charge in [0.2, 0.25) is 0 Å². The molecule has 30 heavy (non-hydrogen) atoms. The Labute approximate surface area is 165 Å². The molecule has 3 aromatic rings. The van der Waals surface area contributed by atoms with E-state index < -0.39 is 35.8 Å². The molecule has 2 heterocycles. The maximum Gasteiger partial charge on any atom is 0.434 e. The van der Waals surface area contributed by atoms with Crippen LogP contribution in [-0.4, -0.2) is 29.3 Å². The second-order valence-corrected chi connectivity index (χ2v) is 6.31. The highest BCUT2D eigenvalue weighted by Crippen LogP contribution is 2.36. The van der Waals surface area contributed by atoms with Crippen molar-refractivity contribution in [2.75, 3.05) is 13.7 Å². The van der Waals surface area contributed by atoms with Gasteiger partial charge in [-0.15, -0.1) is 0 Å². The predicted molar refractivity (Wildman–Crippen MR) is 94.7 cm³/mol. The molecule has 0 saturated heterocycles. The number of hydrogen-bond acceptors (Lipinski definition) is 4. The van der Waals surface area contributed by atoms with Gasteiger partial charge in [0.05, 0.1) is 12.7 Å². The Morgan fingerprint density at radius 3 is 2.30 bits per heavy atom. The van der Waals surface area contributed by atoms with E-state index in [1.165, 1.54) is 32.4 Å². The van der Waals surface area contributed by atoms with E-state index in [0.29, 0.717) is 0 Å². The Hall–Kier alpha value is -3.24. The molecule has 0 bridgehead atoms. The molecule has 0 fully saturated rings. The molecule has 1 aromatic carbocycles. The zero-order valence-corrected chi connectivity index (χ0v) is 15.6. The molecule has 0 aliphatic rings. The Morgan fingerprint density at radius 1 is 1.03 bits per heavy atom. The number of benzene rings is 1. The fourth-order valence-electron chi connectivity index (χ4n) is 2.87. The van der Waals surface area contributed by atoms with E-state index in [-0.39, 0.29) is 28.3 Å². The van der Waals surface area contributed by atoms with Crippen molar-refractivity contribution in [3.8, 4) is 22.6 Å². The standard InChI is InChI=1S/C19H14F6N2O3/c1-10-7-12(30-9-18(20,21)22)3-4-13(10)15-16(19(23,24)25)26-14-8-11(29-2)5-6-27(14)17(15)28/h3-8H,9H2,1-2H3. The monoisotopic (exact) mass is 432 g/mol. The quantitative estimate of drug-likeness (QED) is 0.564. The minimum absolute atomic E-state index is 0.118. The van der Waals surface area contributed by atoms with Crippen molar-refractivity contribution < 1.29 is 35.8 Å². The summed E-state index contributed by atoms with van der Waals surface area (Å²) in [5, 5.41) is 0. The zero-order chi connectivity index (χ0) is 22.3. The molecule has 0 spiro atoms. The van der Waals surface area contributed by atoms with Crippen molar-refractivity contribution in [1.82, 2.24) is 9.38 Å². The number of methoxy groups -OCH3 is 1. The molecule has 3 rings (SSSR count). The smallest absolute Gasteiger partial charge is 0.434 e. The molecule has 0 N–H and O–H groups in total. The normalized spacial score (nSPS) is 12.3. The van der Waals surface area contributed by atoms with Gasteiger partial charge >= 0.3 is 12.4 Å². The van der Waals surface area contributed by atoms with Crippen LogP contribution in [0.2, 0.25) is 0 Å². The lowest BCUT2D eigenvalue weighted by Gasteiger charge is -2.16. The number of alkyl halides is 6. The number of fused-ring (bicyclic) bond motifs is 1. The van der Waals surface area contributed by atoms with E-state index in [1.807, 2.05) is 0 Å². The highest BCUT2D eigenvalue weighted by Gasteiger charge is 2.38. The maximum absolute atomic E-state index is 13.7. The van der Waals surface area contributed by atoms with Crippen molar-refractivity contribution in [3.63, 3.8) is 0 Å². The lowest BCUT2D eigenvalue weighted by Crippen LogP contribution is -2.24. The third kappa shape index (κ3) is 4.34. The van der Waals surface area contributed by atoms with E-state index in [0.717, 1.165) is 22.6 Å². The molecule has 5 nitrogen and oxygen atoms in total. The van der Waals surface area contributed by atoms with E-state index >= 15 is 0 Å². The molecule has 11 heteroatoms. The number of ether oxygens (including phenoxy) is 2. The number of aryl methyl sites for hydroxylation is 1.